The van der Waals surface area contributed by atoms with Crippen molar-refractivity contribution in [3.8, 4) is 0 Å². The maximum Gasteiger partial charge on any atom is 0.241 e. The van der Waals surface area contributed by atoms with Crippen molar-refractivity contribution in [3.05, 3.63) is 53.9 Å². The number of nitrogens with zero attached hydrogens (tertiary/aromatic N) is 2. The molecule has 6 heteroatoms. The van der Waals surface area contributed by atoms with Gasteiger partial charge in [-0.3, -0.25) is 9.48 Å². The van der Waals surface area contributed by atoms with Crippen LogP contribution >= 0.6 is 0 Å². The van der Waals surface area contributed by atoms with Gasteiger partial charge in [0, 0.05) is 37.9 Å². The molecule has 0 radical (unpaired) electrons. The summed E-state index contributed by atoms with van der Waals surface area (Å²) in [6.07, 6.45) is 5.03. The van der Waals surface area contributed by atoms with Crippen molar-refractivity contribution in [2.75, 3.05) is 13.2 Å². The highest BCUT2D eigenvalue weighted by molar-refractivity contribution is 5.83. The maximum absolute atomic E-state index is 12.8. The second kappa shape index (κ2) is 8.23. The van der Waals surface area contributed by atoms with Crippen LogP contribution in [0.15, 0.2) is 42.6 Å². The van der Waals surface area contributed by atoms with E-state index in [9.17, 15) is 4.79 Å². The summed E-state index contributed by atoms with van der Waals surface area (Å²) in [5.41, 5.74) is 2.13. The van der Waals surface area contributed by atoms with E-state index in [1.165, 1.54) is 0 Å². The number of aryl methyl sites for hydroxylation is 1. The van der Waals surface area contributed by atoms with E-state index in [0.29, 0.717) is 12.0 Å². The van der Waals surface area contributed by atoms with E-state index < -0.39 is 0 Å². The van der Waals surface area contributed by atoms with Crippen molar-refractivity contribution >= 4 is 5.91 Å². The highest BCUT2D eigenvalue weighted by Crippen LogP contribution is 2.34. The number of amides is 1. The molecule has 0 bridgehead atoms. The number of hydrogen-bond donors (Lipinski definition) is 2. The fraction of sp³-hybridized carbons (Fsp3) is 0.524. The summed E-state index contributed by atoms with van der Waals surface area (Å²) in [4.78, 5) is 12.8. The molecular weight excluding hydrogens is 340 g/mol. The third-order valence-electron chi connectivity index (χ3n) is 5.46. The van der Waals surface area contributed by atoms with Gasteiger partial charge in [0.25, 0.3) is 0 Å². The zero-order valence-electron chi connectivity index (χ0n) is 15.8. The molecule has 1 aliphatic carbocycles. The minimum atomic E-state index is -0.330. The Morgan fingerprint density at radius 1 is 1.26 bits per heavy atom. The van der Waals surface area contributed by atoms with Crippen LogP contribution in [0.2, 0.25) is 0 Å². The van der Waals surface area contributed by atoms with E-state index in [4.69, 9.17) is 4.74 Å². The van der Waals surface area contributed by atoms with Crippen molar-refractivity contribution in [1.82, 2.24) is 20.4 Å². The van der Waals surface area contributed by atoms with Crippen LogP contribution in [-0.4, -0.2) is 34.9 Å². The van der Waals surface area contributed by atoms with E-state index in [0.717, 1.165) is 50.2 Å². The first-order valence-electron chi connectivity index (χ1n) is 9.98. The Bertz CT molecular complexity index is 757. The Labute approximate surface area is 160 Å². The van der Waals surface area contributed by atoms with E-state index in [-0.39, 0.29) is 18.1 Å². The minimum Gasteiger partial charge on any atom is -0.372 e. The standard InChI is InChI=1S/C21H28N4O2/c1-2-25-18(10-12-23-25)20-16(11-13-27-20)14-22-19(15-6-4-3-5-7-15)21(26)24-17-8-9-17/h3-7,10,12,16-17,19-20,22H,2,8-9,11,13-14H2,1H3,(H,24,26)/t16-,19?,20+/m0/s1. The number of rotatable bonds is 8. The monoisotopic (exact) mass is 368 g/mol. The summed E-state index contributed by atoms with van der Waals surface area (Å²) in [5, 5.41) is 11.0. The first-order valence-corrected chi connectivity index (χ1v) is 9.98. The number of ether oxygens (including phenoxy) is 1. The molecule has 144 valence electrons. The molecule has 27 heavy (non-hydrogen) atoms. The molecule has 2 aliphatic rings. The summed E-state index contributed by atoms with van der Waals surface area (Å²) in [6.45, 7) is 4.40. The number of aromatic nitrogens is 2. The van der Waals surface area contributed by atoms with E-state index in [1.54, 1.807) is 0 Å². The van der Waals surface area contributed by atoms with Crippen LogP contribution in [-0.2, 0) is 16.1 Å². The molecule has 2 fully saturated rings. The molecule has 1 saturated heterocycles. The molecule has 0 spiro atoms. The van der Waals surface area contributed by atoms with Crippen molar-refractivity contribution in [3.63, 3.8) is 0 Å². The number of carbonyl (C=O) groups is 1. The van der Waals surface area contributed by atoms with Crippen molar-refractivity contribution < 1.29 is 9.53 Å². The number of carbonyl (C=O) groups excluding carboxylic acids is 1. The van der Waals surface area contributed by atoms with Gasteiger partial charge >= 0.3 is 0 Å². The molecule has 1 amide bonds. The molecule has 6 nitrogen and oxygen atoms in total. The van der Waals surface area contributed by atoms with Gasteiger partial charge in [0.05, 0.1) is 5.69 Å². The Morgan fingerprint density at radius 3 is 2.81 bits per heavy atom. The predicted octanol–water partition coefficient (Wildman–Crippen LogP) is 2.59. The molecule has 1 aromatic carbocycles. The van der Waals surface area contributed by atoms with Crippen LogP contribution in [0.3, 0.4) is 0 Å². The first-order chi connectivity index (χ1) is 13.3. The third-order valence-corrected chi connectivity index (χ3v) is 5.46. The Balaban J connectivity index is 1.45. The summed E-state index contributed by atoms with van der Waals surface area (Å²) in [5.74, 6) is 0.393. The van der Waals surface area contributed by atoms with Crippen LogP contribution < -0.4 is 10.6 Å². The lowest BCUT2D eigenvalue weighted by Gasteiger charge is -2.24. The van der Waals surface area contributed by atoms with Gasteiger partial charge in [-0.25, -0.2) is 0 Å². The van der Waals surface area contributed by atoms with Gasteiger partial charge in [-0.05, 0) is 37.8 Å². The largest absolute Gasteiger partial charge is 0.372 e. The van der Waals surface area contributed by atoms with Gasteiger partial charge in [-0.15, -0.1) is 0 Å². The summed E-state index contributed by atoms with van der Waals surface area (Å²) in [7, 11) is 0. The highest BCUT2D eigenvalue weighted by Gasteiger charge is 2.34. The minimum absolute atomic E-state index is 0.0304. The molecule has 1 saturated carbocycles. The second-order valence-corrected chi connectivity index (χ2v) is 7.45. The normalized spacial score (nSPS) is 23.3. The summed E-state index contributed by atoms with van der Waals surface area (Å²) >= 11 is 0. The SMILES string of the molecule is CCn1nccc1[C@@H]1OCC[C@H]1CNC(C(=O)NC1CC1)c1ccccc1. The van der Waals surface area contributed by atoms with Gasteiger partial charge in [-0.2, -0.15) is 5.10 Å². The molecule has 4 rings (SSSR count). The molecule has 1 unspecified atom stereocenters. The van der Waals surface area contributed by atoms with E-state index >= 15 is 0 Å². The van der Waals surface area contributed by atoms with Crippen molar-refractivity contribution in [2.45, 2.75) is 50.9 Å². The summed E-state index contributed by atoms with van der Waals surface area (Å²) in [6, 6.07) is 12.0. The smallest absolute Gasteiger partial charge is 0.241 e. The first kappa shape index (κ1) is 18.2. The van der Waals surface area contributed by atoms with E-state index in [2.05, 4.69) is 22.7 Å². The average Bonchev–Trinajstić information content (AvgIpc) is 3.19. The van der Waals surface area contributed by atoms with Gasteiger partial charge in [0.1, 0.15) is 12.1 Å². The highest BCUT2D eigenvalue weighted by atomic mass is 16.5. The Hall–Kier alpha value is -2.18. The fourth-order valence-electron chi connectivity index (χ4n) is 3.81. The molecule has 1 aromatic heterocycles. The lowest BCUT2D eigenvalue weighted by atomic mass is 9.97. The van der Waals surface area contributed by atoms with Crippen LogP contribution in [0.5, 0.6) is 0 Å². The Kier molecular flexibility index (Phi) is 5.55. The average molecular weight is 368 g/mol. The Morgan fingerprint density at radius 2 is 2.07 bits per heavy atom. The molecule has 2 N–H and O–H groups in total. The lowest BCUT2D eigenvalue weighted by Crippen LogP contribution is -2.40. The maximum atomic E-state index is 12.8. The van der Waals surface area contributed by atoms with Crippen LogP contribution in [0.4, 0.5) is 0 Å². The number of nitrogens with one attached hydrogen (secondary N) is 2. The lowest BCUT2D eigenvalue weighted by molar-refractivity contribution is -0.123. The molecule has 3 atom stereocenters. The van der Waals surface area contributed by atoms with Crippen molar-refractivity contribution in [1.29, 1.82) is 0 Å². The van der Waals surface area contributed by atoms with Crippen LogP contribution in [0, 0.1) is 5.92 Å². The topological polar surface area (TPSA) is 68.2 Å². The zero-order chi connectivity index (χ0) is 18.6. The molecular formula is C21H28N4O2. The molecule has 2 heterocycles. The molecule has 1 aliphatic heterocycles. The third kappa shape index (κ3) is 4.22. The van der Waals surface area contributed by atoms with Crippen molar-refractivity contribution in [2.24, 2.45) is 5.92 Å². The van der Waals surface area contributed by atoms with Gasteiger partial charge in [0.2, 0.25) is 5.91 Å². The van der Waals surface area contributed by atoms with Gasteiger partial charge < -0.3 is 15.4 Å². The number of benzene rings is 1. The molecule has 2 aromatic rings. The van der Waals surface area contributed by atoms with E-state index in [1.807, 2.05) is 47.3 Å². The van der Waals surface area contributed by atoms with Crippen LogP contribution in [0.1, 0.15) is 49.6 Å². The quantitative estimate of drug-likeness (QED) is 0.752. The van der Waals surface area contributed by atoms with Gasteiger partial charge in [0.15, 0.2) is 0 Å². The fourth-order valence-corrected chi connectivity index (χ4v) is 3.81. The second-order valence-electron chi connectivity index (χ2n) is 7.45. The van der Waals surface area contributed by atoms with Gasteiger partial charge in [-0.1, -0.05) is 30.3 Å². The predicted molar refractivity (Wildman–Crippen MR) is 103 cm³/mol. The number of hydrogen-bond acceptors (Lipinski definition) is 4. The summed E-state index contributed by atoms with van der Waals surface area (Å²) < 4.78 is 8.02. The van der Waals surface area contributed by atoms with Crippen LogP contribution in [0.25, 0.3) is 0 Å². The zero-order valence-corrected chi connectivity index (χ0v) is 15.8.